The molecule has 0 saturated heterocycles. The molecule has 1 amide bonds. The molecule has 0 unspecified atom stereocenters. The molecule has 6 nitrogen and oxygen atoms in total. The number of hydrogen-bond donors (Lipinski definition) is 3. The summed E-state index contributed by atoms with van der Waals surface area (Å²) in [6, 6.07) is 12.3. The molecule has 20 heavy (non-hydrogen) atoms. The van der Waals surface area contributed by atoms with Crippen LogP contribution in [0.5, 0.6) is 0 Å². The number of carbonyl (C=O) groups is 1. The van der Waals surface area contributed by atoms with Gasteiger partial charge in [0.15, 0.2) is 0 Å². The van der Waals surface area contributed by atoms with Crippen LogP contribution >= 0.6 is 0 Å². The Morgan fingerprint density at radius 1 is 1.30 bits per heavy atom. The molecule has 0 atom stereocenters. The van der Waals surface area contributed by atoms with E-state index in [1.54, 1.807) is 42.6 Å². The van der Waals surface area contributed by atoms with E-state index in [0.29, 0.717) is 22.8 Å². The van der Waals surface area contributed by atoms with Crippen molar-refractivity contribution in [3.8, 4) is 6.07 Å². The standard InChI is InChI=1S/C14H12N4O2/c15-8-10-3-2-6-16-14(10)18-12-5-1-4-11(7-12)17-13(20)9-19/h1-7,19H,9H2,(H,16,18)(H,17,20). The molecule has 0 spiro atoms. The molecule has 6 heteroatoms. The third kappa shape index (κ3) is 3.31. The second-order valence-electron chi connectivity index (χ2n) is 3.92. The zero-order valence-corrected chi connectivity index (χ0v) is 10.5. The molecule has 1 heterocycles. The van der Waals surface area contributed by atoms with Crippen LogP contribution in [-0.4, -0.2) is 22.6 Å². The van der Waals surface area contributed by atoms with E-state index >= 15 is 0 Å². The number of pyridine rings is 1. The highest BCUT2D eigenvalue weighted by Gasteiger charge is 2.04. The molecule has 1 aromatic heterocycles. The fourth-order valence-corrected chi connectivity index (χ4v) is 1.61. The second kappa shape index (κ2) is 6.31. The molecule has 0 aliphatic heterocycles. The largest absolute Gasteiger partial charge is 0.387 e. The lowest BCUT2D eigenvalue weighted by molar-refractivity contribution is -0.118. The minimum atomic E-state index is -0.573. The summed E-state index contributed by atoms with van der Waals surface area (Å²) < 4.78 is 0. The fourth-order valence-electron chi connectivity index (χ4n) is 1.61. The molecule has 0 saturated carbocycles. The number of aliphatic hydroxyl groups is 1. The minimum absolute atomic E-state index is 0.428. The van der Waals surface area contributed by atoms with Crippen molar-refractivity contribution < 1.29 is 9.90 Å². The van der Waals surface area contributed by atoms with Gasteiger partial charge in [0, 0.05) is 17.6 Å². The Hall–Kier alpha value is -2.91. The van der Waals surface area contributed by atoms with Crippen LogP contribution in [0.3, 0.4) is 0 Å². The SMILES string of the molecule is N#Cc1cccnc1Nc1cccc(NC(=O)CO)c1. The number of nitrogens with one attached hydrogen (secondary N) is 2. The van der Waals surface area contributed by atoms with Crippen molar-refractivity contribution in [2.75, 3.05) is 17.2 Å². The zero-order chi connectivity index (χ0) is 14.4. The predicted molar refractivity (Wildman–Crippen MR) is 74.4 cm³/mol. The summed E-state index contributed by atoms with van der Waals surface area (Å²) in [6.07, 6.45) is 1.58. The summed E-state index contributed by atoms with van der Waals surface area (Å²) in [5.74, 6) is -0.0432. The average molecular weight is 268 g/mol. The Balaban J connectivity index is 2.20. The summed E-state index contributed by atoms with van der Waals surface area (Å²) in [4.78, 5) is 15.2. The number of benzene rings is 1. The van der Waals surface area contributed by atoms with Gasteiger partial charge in [-0.15, -0.1) is 0 Å². The summed E-state index contributed by atoms with van der Waals surface area (Å²) in [7, 11) is 0. The molecule has 0 fully saturated rings. The molecule has 1 aromatic carbocycles. The molecule has 3 N–H and O–H groups in total. The van der Waals surface area contributed by atoms with Crippen molar-refractivity contribution in [1.82, 2.24) is 4.98 Å². The Kier molecular flexibility index (Phi) is 4.27. The third-order valence-electron chi connectivity index (χ3n) is 2.48. The van der Waals surface area contributed by atoms with Crippen molar-refractivity contribution in [3.63, 3.8) is 0 Å². The zero-order valence-electron chi connectivity index (χ0n) is 10.5. The topological polar surface area (TPSA) is 98.0 Å². The first-order valence-electron chi connectivity index (χ1n) is 5.86. The second-order valence-corrected chi connectivity index (χ2v) is 3.92. The number of rotatable bonds is 4. The maximum absolute atomic E-state index is 11.1. The van der Waals surface area contributed by atoms with Gasteiger partial charge in [-0.05, 0) is 30.3 Å². The minimum Gasteiger partial charge on any atom is -0.387 e. The van der Waals surface area contributed by atoms with Gasteiger partial charge in [-0.2, -0.15) is 5.26 Å². The number of nitriles is 1. The van der Waals surface area contributed by atoms with Gasteiger partial charge in [0.25, 0.3) is 0 Å². The normalized spacial score (nSPS) is 9.60. The number of nitrogens with zero attached hydrogens (tertiary/aromatic N) is 2. The van der Waals surface area contributed by atoms with Gasteiger partial charge in [-0.3, -0.25) is 4.79 Å². The number of amides is 1. The van der Waals surface area contributed by atoms with E-state index in [2.05, 4.69) is 15.6 Å². The van der Waals surface area contributed by atoms with Gasteiger partial charge >= 0.3 is 0 Å². The smallest absolute Gasteiger partial charge is 0.250 e. The van der Waals surface area contributed by atoms with Crippen LogP contribution in [0.4, 0.5) is 17.2 Å². The van der Waals surface area contributed by atoms with Gasteiger partial charge in [-0.25, -0.2) is 4.98 Å². The number of anilines is 3. The highest BCUT2D eigenvalue weighted by molar-refractivity contribution is 5.92. The van der Waals surface area contributed by atoms with Gasteiger partial charge in [0.1, 0.15) is 18.5 Å². The molecule has 0 bridgehead atoms. The summed E-state index contributed by atoms with van der Waals surface area (Å²) in [6.45, 7) is -0.573. The van der Waals surface area contributed by atoms with Crippen molar-refractivity contribution >= 4 is 23.1 Å². The third-order valence-corrected chi connectivity index (χ3v) is 2.48. The molecule has 2 rings (SSSR count). The summed E-state index contributed by atoms with van der Waals surface area (Å²) in [5.41, 5.74) is 1.65. The molecular formula is C14H12N4O2. The van der Waals surface area contributed by atoms with Crippen LogP contribution in [0.25, 0.3) is 0 Å². The van der Waals surface area contributed by atoms with Crippen LogP contribution < -0.4 is 10.6 Å². The van der Waals surface area contributed by atoms with E-state index in [-0.39, 0.29) is 0 Å². The van der Waals surface area contributed by atoms with Gasteiger partial charge in [-0.1, -0.05) is 6.07 Å². The summed E-state index contributed by atoms with van der Waals surface area (Å²) in [5, 5.41) is 23.2. The quantitative estimate of drug-likeness (QED) is 0.782. The van der Waals surface area contributed by atoms with Gasteiger partial charge in [0.05, 0.1) is 5.56 Å². The van der Waals surface area contributed by atoms with Gasteiger partial charge in [0.2, 0.25) is 5.91 Å². The number of aromatic nitrogens is 1. The lowest BCUT2D eigenvalue weighted by Gasteiger charge is -2.09. The Morgan fingerprint density at radius 2 is 2.10 bits per heavy atom. The Bertz CT molecular complexity index is 664. The van der Waals surface area contributed by atoms with Crippen LogP contribution in [0, 0.1) is 11.3 Å². The number of hydrogen-bond acceptors (Lipinski definition) is 5. The van der Waals surface area contributed by atoms with Crippen LogP contribution in [0.2, 0.25) is 0 Å². The molecule has 100 valence electrons. The van der Waals surface area contributed by atoms with Crippen LogP contribution in [-0.2, 0) is 4.79 Å². The lowest BCUT2D eigenvalue weighted by atomic mass is 10.2. The maximum atomic E-state index is 11.1. The van der Waals surface area contributed by atoms with E-state index in [1.165, 1.54) is 0 Å². The first kappa shape index (κ1) is 13.5. The van der Waals surface area contributed by atoms with E-state index in [4.69, 9.17) is 10.4 Å². The van der Waals surface area contributed by atoms with E-state index in [0.717, 1.165) is 0 Å². The molecule has 0 aliphatic carbocycles. The van der Waals surface area contributed by atoms with Crippen LogP contribution in [0.1, 0.15) is 5.56 Å². The van der Waals surface area contributed by atoms with Crippen LogP contribution in [0.15, 0.2) is 42.6 Å². The van der Waals surface area contributed by atoms with Crippen molar-refractivity contribution in [2.24, 2.45) is 0 Å². The molecule has 0 radical (unpaired) electrons. The highest BCUT2D eigenvalue weighted by Crippen LogP contribution is 2.20. The lowest BCUT2D eigenvalue weighted by Crippen LogP contribution is -2.15. The Morgan fingerprint density at radius 3 is 2.85 bits per heavy atom. The van der Waals surface area contributed by atoms with E-state index in [1.807, 2.05) is 6.07 Å². The monoisotopic (exact) mass is 268 g/mol. The van der Waals surface area contributed by atoms with Gasteiger partial charge < -0.3 is 15.7 Å². The van der Waals surface area contributed by atoms with Crippen molar-refractivity contribution in [1.29, 1.82) is 5.26 Å². The molecule has 0 aliphatic rings. The van der Waals surface area contributed by atoms with E-state index in [9.17, 15) is 4.79 Å². The first-order valence-corrected chi connectivity index (χ1v) is 5.86. The van der Waals surface area contributed by atoms with Crippen molar-refractivity contribution in [3.05, 3.63) is 48.2 Å². The number of carbonyl (C=O) groups excluding carboxylic acids is 1. The fraction of sp³-hybridized carbons (Fsp3) is 0.0714. The Labute approximate surface area is 115 Å². The maximum Gasteiger partial charge on any atom is 0.250 e. The van der Waals surface area contributed by atoms with E-state index < -0.39 is 12.5 Å². The average Bonchev–Trinajstić information content (AvgIpc) is 2.48. The van der Waals surface area contributed by atoms with Crippen molar-refractivity contribution in [2.45, 2.75) is 0 Å². The highest BCUT2D eigenvalue weighted by atomic mass is 16.3. The molecule has 2 aromatic rings. The predicted octanol–water partition coefficient (Wildman–Crippen LogP) is 1.63. The molecular weight excluding hydrogens is 256 g/mol. The first-order chi connectivity index (χ1) is 9.72. The number of aliphatic hydroxyl groups excluding tert-OH is 1. The summed E-state index contributed by atoms with van der Waals surface area (Å²) >= 11 is 0.